The van der Waals surface area contributed by atoms with E-state index in [1.54, 1.807) is 0 Å². The van der Waals surface area contributed by atoms with Crippen LogP contribution in [0.25, 0.3) is 214 Å². The van der Waals surface area contributed by atoms with Crippen LogP contribution in [0.15, 0.2) is 497 Å². The maximum atomic E-state index is 5.40. The lowest BCUT2D eigenvalue weighted by atomic mass is 9.61. The van der Waals surface area contributed by atoms with Gasteiger partial charge in [-0.25, -0.2) is 59.8 Å². The Kier molecular flexibility index (Phi) is 20.9. The Morgan fingerprint density at radius 2 is 0.333 bits per heavy atom. The summed E-state index contributed by atoms with van der Waals surface area (Å²) >= 11 is 0. The Morgan fingerprint density at radius 1 is 0.120 bits per heavy atom. The highest BCUT2D eigenvalue weighted by Crippen LogP contribution is 2.60. The van der Waals surface area contributed by atoms with Gasteiger partial charge in [-0.3, -0.25) is 0 Å². The van der Waals surface area contributed by atoms with Crippen molar-refractivity contribution >= 4 is 43.6 Å². The highest BCUT2D eigenvalue weighted by atomic mass is 15.1. The molecule has 0 saturated heterocycles. The van der Waals surface area contributed by atoms with Gasteiger partial charge in [-0.2, -0.15) is 0 Å². The van der Waals surface area contributed by atoms with Crippen LogP contribution in [0.5, 0.6) is 0 Å². The van der Waals surface area contributed by atoms with Crippen LogP contribution in [0.2, 0.25) is 0 Å². The van der Waals surface area contributed by atoms with Gasteiger partial charge in [0.25, 0.3) is 0 Å². The second-order valence-electron chi connectivity index (χ2n) is 38.8. The van der Waals surface area contributed by atoms with Crippen molar-refractivity contribution in [2.75, 3.05) is 0 Å². The van der Waals surface area contributed by atoms with Crippen LogP contribution in [0, 0.1) is 0 Å². The van der Waals surface area contributed by atoms with Crippen LogP contribution in [-0.2, 0) is 0 Å². The first-order chi connectivity index (χ1) is 74.3. The van der Waals surface area contributed by atoms with E-state index in [9.17, 15) is 0 Å². The molecule has 6 aliphatic carbocycles. The number of aromatic nitrogens is 14. The lowest BCUT2D eigenvalue weighted by Crippen LogP contribution is -2.27. The molecular weight excluding hydrogens is 1830 g/mol. The Bertz CT molecular complexity index is 9730. The summed E-state index contributed by atoms with van der Waals surface area (Å²) in [7, 11) is 0. The van der Waals surface area contributed by atoms with Crippen LogP contribution in [0.3, 0.4) is 0 Å². The molecular formula is C136H86N14. The second kappa shape index (κ2) is 36.1. The van der Waals surface area contributed by atoms with E-state index in [0.717, 1.165) is 111 Å². The van der Waals surface area contributed by atoms with E-state index in [4.69, 9.17) is 59.8 Å². The van der Waals surface area contributed by atoms with Gasteiger partial charge in [0.05, 0.1) is 22.1 Å². The van der Waals surface area contributed by atoms with E-state index in [2.05, 4.69) is 397 Å². The van der Waals surface area contributed by atoms with Crippen molar-refractivity contribution in [1.29, 1.82) is 0 Å². The number of benzene rings is 20. The van der Waals surface area contributed by atoms with Crippen LogP contribution in [-0.4, -0.2) is 68.9 Å². The van der Waals surface area contributed by atoms with E-state index in [1.807, 2.05) is 109 Å². The molecule has 4 atom stereocenters. The maximum Gasteiger partial charge on any atom is 0.164 e. The highest BCUT2D eigenvalue weighted by molar-refractivity contribution is 6.12. The Morgan fingerprint density at radius 3 is 0.660 bits per heavy atom. The average molecular weight is 1920 g/mol. The average Bonchev–Trinajstić information content (AvgIpc) is 0.891. The Balaban J connectivity index is 0.000000141. The molecule has 0 fully saturated rings. The topological polar surface area (TPSA) is 165 Å². The van der Waals surface area contributed by atoms with E-state index < -0.39 is 0 Å². The molecule has 0 saturated carbocycles. The lowest BCUT2D eigenvalue weighted by Gasteiger charge is -2.42. The molecule has 4 unspecified atom stereocenters. The van der Waals surface area contributed by atoms with Crippen LogP contribution in [0.1, 0.15) is 90.4 Å². The van der Waals surface area contributed by atoms with Gasteiger partial charge in [0.2, 0.25) is 0 Å². The number of rotatable bonds is 16. The molecule has 20 aromatic carbocycles. The molecule has 0 radical (unpaired) electrons. The fraction of sp³-hybridized carbons (Fsp3) is 0.0294. The SMILES string of the molecule is c1ccc(-c2nc(-c3ccccc3)nc(-c3ccc4c(c3)C3c5ccccc5C4c4cc(-c5nc(-c6ccccc6)nc(-c6cccc(-c7ccc8c9ccccc9n(-c9ccccc9)c8c7)c6)n5)ccc43)n2)cc1.c1ccc(-c2nc(-c3ccccc3)nc(-c3ccc4c(c3)C3c5ccccc5C4c4cc(-c5nc(-c6ccccc6)nc(-c6ccccc6-c6ccc7c8ccccc8n(-c8ccccc8)c7c6)n5)ccc43)n2)cc1. The summed E-state index contributed by atoms with van der Waals surface area (Å²) in [5.74, 6) is 7.64. The molecule has 6 aromatic heterocycles. The molecule has 32 rings (SSSR count). The largest absolute Gasteiger partial charge is 0.309 e. The molecule has 0 amide bonds. The molecule has 6 aliphatic rings. The fourth-order valence-electron chi connectivity index (χ4n) is 23.3. The van der Waals surface area contributed by atoms with E-state index in [1.165, 1.54) is 99.3 Å². The summed E-state index contributed by atoms with van der Waals surface area (Å²) in [4.78, 5) is 62.1. The standard InChI is InChI=1S/2C68H43N7/c1-5-19-42(20-6-1)63-69-64(43-21-7-2-8-22-43)71-66(70-63)46-34-37-54-57(39-46)61-52-29-14-15-30-53(52)62(54)58-40-47(35-38-55(58)61)67-72-65(44-23-9-3-10-24-44)73-68(74-67)56-31-16-13-27-49(56)45-33-36-51-50-28-17-18-32-59(50)75(60(51)41-45)48-25-11-4-12-26-48;1-5-18-42(19-6-1)63-69-64(43-20-7-2-8-21-43)72-67(71-63)48-33-36-55-57(39-48)61-53-29-13-14-30-54(53)62(55)58-40-49(34-37-56(58)61)68-73-65(44-22-9-3-10-23-44)70-66(74-68)47-25-17-24-45(38-47)46-32-35-52-51-28-15-16-31-59(51)75(60(52)41-46)50-26-11-4-12-27-50/h2*1-41,61-62H. The molecule has 14 nitrogen and oxygen atoms in total. The number of hydrogen-bond donors (Lipinski definition) is 0. The van der Waals surface area contributed by atoms with Crippen molar-refractivity contribution in [1.82, 2.24) is 68.9 Å². The van der Waals surface area contributed by atoms with Crippen molar-refractivity contribution in [3.8, 4) is 170 Å². The van der Waals surface area contributed by atoms with Gasteiger partial charge in [0.1, 0.15) is 0 Å². The van der Waals surface area contributed by atoms with Gasteiger partial charge in [-0.05, 0) is 168 Å². The van der Waals surface area contributed by atoms with Crippen molar-refractivity contribution in [3.05, 3.63) is 564 Å². The summed E-state index contributed by atoms with van der Waals surface area (Å²) in [6, 6.07) is 175. The zero-order chi connectivity index (χ0) is 98.8. The van der Waals surface area contributed by atoms with Crippen molar-refractivity contribution in [3.63, 3.8) is 0 Å². The molecule has 150 heavy (non-hydrogen) atoms. The molecule has 700 valence electrons. The van der Waals surface area contributed by atoms with Gasteiger partial charge in [0.15, 0.2) is 69.9 Å². The number of hydrogen-bond acceptors (Lipinski definition) is 12. The van der Waals surface area contributed by atoms with E-state index >= 15 is 0 Å². The van der Waals surface area contributed by atoms with Crippen molar-refractivity contribution < 1.29 is 0 Å². The maximum absolute atomic E-state index is 5.40. The molecule has 4 bridgehead atoms. The minimum absolute atomic E-state index is 0.000319. The predicted molar refractivity (Wildman–Crippen MR) is 601 cm³/mol. The molecule has 26 aromatic rings. The second-order valence-corrected chi connectivity index (χ2v) is 38.8. The molecule has 0 spiro atoms. The van der Waals surface area contributed by atoms with Crippen molar-refractivity contribution in [2.24, 2.45) is 0 Å². The number of fused-ring (bicyclic) bond motifs is 6. The first-order valence-electron chi connectivity index (χ1n) is 50.8. The minimum Gasteiger partial charge on any atom is -0.309 e. The monoisotopic (exact) mass is 1910 g/mol. The van der Waals surface area contributed by atoms with Crippen LogP contribution >= 0.6 is 0 Å². The quantitative estimate of drug-likeness (QED) is 0.0900. The third kappa shape index (κ3) is 15.0. The molecule has 14 heteroatoms. The smallest absolute Gasteiger partial charge is 0.164 e. The fourth-order valence-corrected chi connectivity index (χ4v) is 23.3. The summed E-state index contributed by atoms with van der Waals surface area (Å²) in [5, 5.41) is 4.87. The Hall–Kier alpha value is -20.0. The van der Waals surface area contributed by atoms with Gasteiger partial charge in [-0.15, -0.1) is 0 Å². The lowest BCUT2D eigenvalue weighted by molar-refractivity contribution is 0.754. The zero-order valence-electron chi connectivity index (χ0n) is 80.9. The summed E-state index contributed by atoms with van der Waals surface area (Å²) in [6.45, 7) is 0. The van der Waals surface area contributed by atoms with Gasteiger partial charge in [-0.1, -0.05) is 419 Å². The van der Waals surface area contributed by atoms with Gasteiger partial charge >= 0.3 is 0 Å². The minimum atomic E-state index is 0.000319. The summed E-state index contributed by atoms with van der Waals surface area (Å²) in [5.41, 5.74) is 38.0. The summed E-state index contributed by atoms with van der Waals surface area (Å²) < 4.78 is 4.73. The van der Waals surface area contributed by atoms with Gasteiger partial charge in [0, 0.05) is 123 Å². The van der Waals surface area contributed by atoms with Gasteiger partial charge < -0.3 is 9.13 Å². The first kappa shape index (κ1) is 86.7. The summed E-state index contributed by atoms with van der Waals surface area (Å²) in [6.07, 6.45) is 0. The van der Waals surface area contributed by atoms with E-state index in [0.29, 0.717) is 69.9 Å². The van der Waals surface area contributed by atoms with E-state index in [-0.39, 0.29) is 23.7 Å². The third-order valence-electron chi connectivity index (χ3n) is 30.1. The van der Waals surface area contributed by atoms with Crippen LogP contribution < -0.4 is 0 Å². The molecule has 0 aliphatic heterocycles. The molecule has 0 N–H and O–H groups in total. The third-order valence-corrected chi connectivity index (χ3v) is 30.1. The number of para-hydroxylation sites is 4. The predicted octanol–water partition coefficient (Wildman–Crippen LogP) is 31.6. The normalized spacial score (nSPS) is 14.1. The number of nitrogens with zero attached hydrogens (tertiary/aromatic N) is 14. The Labute approximate surface area is 864 Å². The first-order valence-corrected chi connectivity index (χ1v) is 50.8. The molecule has 6 heterocycles. The zero-order valence-corrected chi connectivity index (χ0v) is 80.9. The van der Waals surface area contributed by atoms with Crippen molar-refractivity contribution in [2.45, 2.75) is 23.7 Å². The van der Waals surface area contributed by atoms with Crippen LogP contribution in [0.4, 0.5) is 0 Å². The highest BCUT2D eigenvalue weighted by Gasteiger charge is 2.44.